The average Bonchev–Trinajstić information content (AvgIpc) is 2.63. The van der Waals surface area contributed by atoms with E-state index < -0.39 is 21.5 Å². The highest BCUT2D eigenvalue weighted by Gasteiger charge is 2.84. The Bertz CT molecular complexity index is 460. The molecule has 3 nitrogen and oxygen atoms in total. The van der Waals surface area contributed by atoms with Crippen molar-refractivity contribution in [2.75, 3.05) is 14.2 Å². The first-order chi connectivity index (χ1) is 8.79. The second-order valence-corrected chi connectivity index (χ2v) is 6.65. The van der Waals surface area contributed by atoms with Gasteiger partial charge in [0.15, 0.2) is 10.7 Å². The maximum absolute atomic E-state index is 12.6. The second kappa shape index (κ2) is 4.75. The van der Waals surface area contributed by atoms with Gasteiger partial charge >= 0.3 is 0 Å². The van der Waals surface area contributed by atoms with E-state index in [-0.39, 0.29) is 15.8 Å². The Morgan fingerprint density at radius 3 is 2.05 bits per heavy atom. The maximum atomic E-state index is 12.6. The van der Waals surface area contributed by atoms with E-state index in [1.807, 2.05) is 6.92 Å². The number of ketones is 1. The van der Waals surface area contributed by atoms with Crippen molar-refractivity contribution in [3.63, 3.8) is 0 Å². The monoisotopic (exact) mass is 346 g/mol. The first kappa shape index (κ1) is 15.9. The summed E-state index contributed by atoms with van der Waals surface area (Å²) in [7, 11) is 2.75. The van der Waals surface area contributed by atoms with E-state index in [0.29, 0.717) is 6.42 Å². The minimum absolute atomic E-state index is 0.00751. The summed E-state index contributed by atoms with van der Waals surface area (Å²) in [6, 6.07) is 0. The summed E-state index contributed by atoms with van der Waals surface area (Å²) in [5, 5.41) is 0.125. The number of ether oxygens (including phenoxy) is 2. The SMILES string of the molecule is CCCC1C(=O)C2(Cl)C(Cl)=C(Cl)C1(Cl)C2(OC)OC. The van der Waals surface area contributed by atoms with Crippen LogP contribution in [0.3, 0.4) is 0 Å². The van der Waals surface area contributed by atoms with Crippen molar-refractivity contribution in [3.8, 4) is 0 Å². The molecule has 0 aromatic carbocycles. The van der Waals surface area contributed by atoms with Crippen molar-refractivity contribution in [1.82, 2.24) is 0 Å². The predicted octanol–water partition coefficient (Wildman–Crippen LogP) is 3.63. The number of carbonyl (C=O) groups excluding carboxylic acids is 1. The standard InChI is InChI=1S/C12H14Cl4O3/c1-4-5-6-9(17)11(16)8(14)7(13)10(6,15)12(11,18-2)19-3/h6H,4-5H2,1-3H3. The van der Waals surface area contributed by atoms with Gasteiger partial charge in [0.2, 0.25) is 5.79 Å². The molecule has 0 radical (unpaired) electrons. The molecule has 2 rings (SSSR count). The summed E-state index contributed by atoms with van der Waals surface area (Å²) >= 11 is 25.5. The van der Waals surface area contributed by atoms with Gasteiger partial charge < -0.3 is 9.47 Å². The zero-order valence-corrected chi connectivity index (χ0v) is 13.8. The molecule has 2 aliphatic rings. The molecule has 0 spiro atoms. The third-order valence-corrected chi connectivity index (χ3v) is 6.61. The number of methoxy groups -OCH3 is 2. The highest BCUT2D eigenvalue weighted by atomic mass is 35.5. The molecule has 7 heteroatoms. The Kier molecular flexibility index (Phi) is 3.97. The van der Waals surface area contributed by atoms with Crippen LogP contribution < -0.4 is 0 Å². The van der Waals surface area contributed by atoms with Crippen molar-refractivity contribution in [3.05, 3.63) is 10.1 Å². The van der Waals surface area contributed by atoms with E-state index in [9.17, 15) is 4.79 Å². The molecular weight excluding hydrogens is 334 g/mol. The average molecular weight is 348 g/mol. The summed E-state index contributed by atoms with van der Waals surface area (Å²) < 4.78 is 10.8. The first-order valence-corrected chi connectivity index (χ1v) is 7.39. The number of carbonyl (C=O) groups is 1. The molecule has 2 bridgehead atoms. The highest BCUT2D eigenvalue weighted by molar-refractivity contribution is 6.58. The van der Waals surface area contributed by atoms with Crippen molar-refractivity contribution in [2.45, 2.75) is 35.3 Å². The van der Waals surface area contributed by atoms with Gasteiger partial charge in [0, 0.05) is 20.1 Å². The van der Waals surface area contributed by atoms with Gasteiger partial charge in [-0.05, 0) is 6.42 Å². The van der Waals surface area contributed by atoms with Gasteiger partial charge in [-0.3, -0.25) is 4.79 Å². The van der Waals surface area contributed by atoms with Crippen LogP contribution in [0.2, 0.25) is 0 Å². The summed E-state index contributed by atoms with van der Waals surface area (Å²) in [4.78, 5) is 9.55. The first-order valence-electron chi connectivity index (χ1n) is 5.88. The fourth-order valence-corrected chi connectivity index (χ4v) is 5.24. The number of halogens is 4. The zero-order valence-electron chi connectivity index (χ0n) is 10.7. The topological polar surface area (TPSA) is 35.5 Å². The fourth-order valence-electron chi connectivity index (χ4n) is 3.20. The molecule has 1 fully saturated rings. The van der Waals surface area contributed by atoms with Gasteiger partial charge in [0.25, 0.3) is 0 Å². The summed E-state index contributed by atoms with van der Waals surface area (Å²) in [6.07, 6.45) is 1.29. The van der Waals surface area contributed by atoms with E-state index >= 15 is 0 Å². The van der Waals surface area contributed by atoms with Crippen LogP contribution >= 0.6 is 46.4 Å². The van der Waals surface area contributed by atoms with E-state index in [0.717, 1.165) is 6.42 Å². The number of alkyl halides is 2. The second-order valence-electron chi connectivity index (χ2n) is 4.73. The lowest BCUT2D eigenvalue weighted by atomic mass is 9.87. The van der Waals surface area contributed by atoms with Crippen LogP contribution in [0.25, 0.3) is 0 Å². The number of fused-ring (bicyclic) bond motifs is 2. The Morgan fingerprint density at radius 2 is 1.68 bits per heavy atom. The molecule has 0 amide bonds. The molecule has 19 heavy (non-hydrogen) atoms. The largest absolute Gasteiger partial charge is 0.349 e. The van der Waals surface area contributed by atoms with Gasteiger partial charge in [-0.15, -0.1) is 11.6 Å². The Morgan fingerprint density at radius 1 is 1.16 bits per heavy atom. The lowest BCUT2D eigenvalue weighted by Crippen LogP contribution is -2.57. The molecular formula is C12H14Cl4O3. The minimum Gasteiger partial charge on any atom is -0.349 e. The lowest BCUT2D eigenvalue weighted by molar-refractivity contribution is -0.218. The number of hydrogen-bond acceptors (Lipinski definition) is 3. The van der Waals surface area contributed by atoms with Crippen LogP contribution in [0.15, 0.2) is 10.1 Å². The molecule has 108 valence electrons. The van der Waals surface area contributed by atoms with Crippen LogP contribution in [0.4, 0.5) is 0 Å². The van der Waals surface area contributed by atoms with Crippen LogP contribution in [-0.2, 0) is 14.3 Å². The van der Waals surface area contributed by atoms with Gasteiger partial charge in [-0.1, -0.05) is 48.1 Å². The minimum atomic E-state index is -1.68. The molecule has 3 unspecified atom stereocenters. The molecule has 0 N–H and O–H groups in total. The lowest BCUT2D eigenvalue weighted by Gasteiger charge is -2.40. The van der Waals surface area contributed by atoms with E-state index in [1.54, 1.807) is 0 Å². The van der Waals surface area contributed by atoms with Crippen molar-refractivity contribution in [1.29, 1.82) is 0 Å². The Balaban J connectivity index is 2.74. The van der Waals surface area contributed by atoms with Gasteiger partial charge in [0.1, 0.15) is 4.87 Å². The van der Waals surface area contributed by atoms with Gasteiger partial charge in [0.05, 0.1) is 10.1 Å². The van der Waals surface area contributed by atoms with Crippen LogP contribution in [0.5, 0.6) is 0 Å². The third-order valence-electron chi connectivity index (χ3n) is 4.04. The van der Waals surface area contributed by atoms with Crippen LogP contribution in [0.1, 0.15) is 19.8 Å². The summed E-state index contributed by atoms with van der Waals surface area (Å²) in [5.41, 5.74) is 0. The van der Waals surface area contributed by atoms with E-state index in [2.05, 4.69) is 0 Å². The number of hydrogen-bond donors (Lipinski definition) is 0. The fraction of sp³-hybridized carbons (Fsp3) is 0.750. The molecule has 2 aliphatic carbocycles. The van der Waals surface area contributed by atoms with Crippen LogP contribution in [0, 0.1) is 5.92 Å². The molecule has 0 aromatic heterocycles. The molecule has 0 heterocycles. The van der Waals surface area contributed by atoms with Gasteiger partial charge in [-0.25, -0.2) is 0 Å². The highest BCUT2D eigenvalue weighted by Crippen LogP contribution is 2.70. The normalized spacial score (nSPS) is 40.4. The molecule has 0 aromatic rings. The summed E-state index contributed by atoms with van der Waals surface area (Å²) in [6.45, 7) is 1.95. The number of rotatable bonds is 4. The predicted molar refractivity (Wildman–Crippen MR) is 76.1 cm³/mol. The molecule has 0 saturated heterocycles. The Labute approximate surface area is 132 Å². The maximum Gasteiger partial charge on any atom is 0.225 e. The van der Waals surface area contributed by atoms with Crippen molar-refractivity contribution >= 4 is 52.2 Å². The molecule has 3 atom stereocenters. The smallest absolute Gasteiger partial charge is 0.225 e. The third kappa shape index (κ3) is 1.42. The summed E-state index contributed by atoms with van der Waals surface area (Å²) in [5.74, 6) is -2.48. The van der Waals surface area contributed by atoms with E-state index in [4.69, 9.17) is 55.9 Å². The van der Waals surface area contributed by atoms with Crippen LogP contribution in [-0.4, -0.2) is 35.5 Å². The van der Waals surface area contributed by atoms with E-state index in [1.165, 1.54) is 14.2 Å². The zero-order chi connectivity index (χ0) is 14.6. The molecule has 0 aliphatic heterocycles. The van der Waals surface area contributed by atoms with Gasteiger partial charge in [-0.2, -0.15) is 0 Å². The Hall–Kier alpha value is 0.490. The quantitative estimate of drug-likeness (QED) is 0.575. The number of Topliss-reactive ketones (excluding diaryl/α,β-unsaturated/α-hetero) is 1. The van der Waals surface area contributed by atoms with Crippen molar-refractivity contribution in [2.24, 2.45) is 5.92 Å². The van der Waals surface area contributed by atoms with Crippen molar-refractivity contribution < 1.29 is 14.3 Å². The molecule has 1 saturated carbocycles.